The van der Waals surface area contributed by atoms with Gasteiger partial charge in [-0.05, 0) is 38.8 Å². The topological polar surface area (TPSA) is 76.4 Å². The molecule has 0 atom stereocenters. The van der Waals surface area contributed by atoms with Crippen LogP contribution in [0.25, 0.3) is 0 Å². The van der Waals surface area contributed by atoms with E-state index in [-0.39, 0.29) is 18.6 Å². The molecule has 1 aromatic carbocycles. The quantitative estimate of drug-likeness (QED) is 0.683. The lowest BCUT2D eigenvalue weighted by molar-refractivity contribution is -0.119. The van der Waals surface area contributed by atoms with Gasteiger partial charge in [-0.15, -0.1) is 0 Å². The van der Waals surface area contributed by atoms with Gasteiger partial charge in [0.05, 0.1) is 18.3 Å². The third kappa shape index (κ3) is 4.35. The fraction of sp³-hybridized carbons (Fsp3) is 0.500. The lowest BCUT2D eigenvalue weighted by atomic mass is 10.2. The van der Waals surface area contributed by atoms with Gasteiger partial charge in [-0.2, -0.15) is 0 Å². The maximum Gasteiger partial charge on any atom is 0.239 e. The molecule has 2 rings (SSSR count). The Morgan fingerprint density at radius 3 is 2.84 bits per heavy atom. The number of nitrogen functional groups attached to an aromatic ring is 1. The van der Waals surface area contributed by atoms with E-state index in [9.17, 15) is 4.79 Å². The Morgan fingerprint density at radius 1 is 1.47 bits per heavy atom. The molecule has 5 nitrogen and oxygen atoms in total. The molecule has 0 bridgehead atoms. The van der Waals surface area contributed by atoms with Crippen molar-refractivity contribution < 1.29 is 9.53 Å². The monoisotopic (exact) mass is 263 g/mol. The first-order valence-electron chi connectivity index (χ1n) is 6.64. The molecule has 0 saturated heterocycles. The third-order valence-electron chi connectivity index (χ3n) is 2.77. The van der Waals surface area contributed by atoms with Crippen LogP contribution < -0.4 is 21.1 Å². The number of benzene rings is 1. The molecule has 0 aliphatic heterocycles. The molecule has 0 radical (unpaired) electrons. The Balaban J connectivity index is 1.90. The zero-order chi connectivity index (χ0) is 13.8. The molecule has 1 saturated carbocycles. The summed E-state index contributed by atoms with van der Waals surface area (Å²) in [5.74, 6) is 0.660. The largest absolute Gasteiger partial charge is 0.489 e. The van der Waals surface area contributed by atoms with Crippen LogP contribution in [0.1, 0.15) is 26.7 Å². The summed E-state index contributed by atoms with van der Waals surface area (Å²) in [7, 11) is 0. The van der Waals surface area contributed by atoms with Gasteiger partial charge in [-0.1, -0.05) is 0 Å². The number of amides is 1. The van der Waals surface area contributed by atoms with Gasteiger partial charge in [0, 0.05) is 17.8 Å². The minimum atomic E-state index is 0.0191. The number of nitrogens with two attached hydrogens (primary N) is 1. The number of anilines is 2. The fourth-order valence-corrected chi connectivity index (χ4v) is 1.69. The summed E-state index contributed by atoms with van der Waals surface area (Å²) < 4.78 is 5.60. The molecule has 5 heteroatoms. The average Bonchev–Trinajstić information content (AvgIpc) is 3.13. The standard InChI is InChI=1S/C14H21N3O2/c1-9(2)19-13-7-11(5-6-12(13)15)16-8-14(18)17-10-3-4-10/h5-7,9-10,16H,3-4,8,15H2,1-2H3,(H,17,18). The van der Waals surface area contributed by atoms with Crippen molar-refractivity contribution in [2.45, 2.75) is 38.8 Å². The van der Waals surface area contributed by atoms with Crippen molar-refractivity contribution in [2.24, 2.45) is 0 Å². The number of hydrogen-bond acceptors (Lipinski definition) is 4. The minimum absolute atomic E-state index is 0.0191. The van der Waals surface area contributed by atoms with Gasteiger partial charge in [0.25, 0.3) is 0 Å². The van der Waals surface area contributed by atoms with Crippen molar-refractivity contribution in [3.8, 4) is 5.75 Å². The molecule has 1 aromatic rings. The van der Waals surface area contributed by atoms with Crippen molar-refractivity contribution in [3.05, 3.63) is 18.2 Å². The minimum Gasteiger partial charge on any atom is -0.489 e. The summed E-state index contributed by atoms with van der Waals surface area (Å²) in [6, 6.07) is 5.83. The Morgan fingerprint density at radius 2 is 2.21 bits per heavy atom. The summed E-state index contributed by atoms with van der Waals surface area (Å²) in [6.45, 7) is 4.16. The highest BCUT2D eigenvalue weighted by molar-refractivity contribution is 5.81. The summed E-state index contributed by atoms with van der Waals surface area (Å²) in [5, 5.41) is 6.00. The highest BCUT2D eigenvalue weighted by Gasteiger charge is 2.22. The second-order valence-electron chi connectivity index (χ2n) is 5.11. The molecule has 19 heavy (non-hydrogen) atoms. The van der Waals surface area contributed by atoms with E-state index in [1.807, 2.05) is 26.0 Å². The maximum atomic E-state index is 11.6. The van der Waals surface area contributed by atoms with E-state index in [2.05, 4.69) is 10.6 Å². The van der Waals surface area contributed by atoms with Crippen LogP contribution in [0.4, 0.5) is 11.4 Å². The number of carbonyl (C=O) groups is 1. The molecule has 0 heterocycles. The molecule has 1 aliphatic carbocycles. The molecule has 4 N–H and O–H groups in total. The Labute approximate surface area is 113 Å². The van der Waals surface area contributed by atoms with Gasteiger partial charge < -0.3 is 21.1 Å². The molecule has 0 spiro atoms. The van der Waals surface area contributed by atoms with Crippen LogP contribution in [0.5, 0.6) is 5.75 Å². The molecule has 0 aromatic heterocycles. The van der Waals surface area contributed by atoms with E-state index in [1.165, 1.54) is 0 Å². The summed E-state index contributed by atoms with van der Waals surface area (Å²) in [4.78, 5) is 11.6. The Bertz CT molecular complexity index is 456. The molecular formula is C14H21N3O2. The number of ether oxygens (including phenoxy) is 1. The van der Waals surface area contributed by atoms with Crippen molar-refractivity contribution in [2.75, 3.05) is 17.6 Å². The second-order valence-corrected chi connectivity index (χ2v) is 5.11. The van der Waals surface area contributed by atoms with Crippen molar-refractivity contribution in [1.29, 1.82) is 0 Å². The highest BCUT2D eigenvalue weighted by Crippen LogP contribution is 2.26. The fourth-order valence-electron chi connectivity index (χ4n) is 1.69. The molecule has 0 unspecified atom stereocenters. The Kier molecular flexibility index (Phi) is 4.14. The van der Waals surface area contributed by atoms with Crippen LogP contribution in [-0.2, 0) is 4.79 Å². The zero-order valence-electron chi connectivity index (χ0n) is 11.4. The number of hydrogen-bond donors (Lipinski definition) is 3. The first-order chi connectivity index (χ1) is 9.04. The van der Waals surface area contributed by atoms with E-state index in [0.29, 0.717) is 17.5 Å². The molecule has 1 amide bonds. The summed E-state index contributed by atoms with van der Waals surface area (Å²) in [6.07, 6.45) is 2.26. The van der Waals surface area contributed by atoms with Crippen molar-refractivity contribution in [3.63, 3.8) is 0 Å². The van der Waals surface area contributed by atoms with Gasteiger partial charge in [-0.3, -0.25) is 4.79 Å². The predicted octanol–water partition coefficient (Wildman–Crippen LogP) is 1.75. The highest BCUT2D eigenvalue weighted by atomic mass is 16.5. The molecule has 1 fully saturated rings. The van der Waals surface area contributed by atoms with Gasteiger partial charge in [0.2, 0.25) is 5.91 Å². The van der Waals surface area contributed by atoms with Crippen LogP contribution >= 0.6 is 0 Å². The lowest BCUT2D eigenvalue weighted by Crippen LogP contribution is -2.31. The lowest BCUT2D eigenvalue weighted by Gasteiger charge is -2.14. The maximum absolute atomic E-state index is 11.6. The normalized spacial score (nSPS) is 14.3. The van der Waals surface area contributed by atoms with Crippen molar-refractivity contribution in [1.82, 2.24) is 5.32 Å². The van der Waals surface area contributed by atoms with Crippen molar-refractivity contribution >= 4 is 17.3 Å². The Hall–Kier alpha value is -1.91. The van der Waals surface area contributed by atoms with E-state index >= 15 is 0 Å². The van der Waals surface area contributed by atoms with E-state index in [0.717, 1.165) is 18.5 Å². The molecule has 1 aliphatic rings. The van der Waals surface area contributed by atoms with Crippen LogP contribution in [-0.4, -0.2) is 24.6 Å². The number of nitrogens with one attached hydrogen (secondary N) is 2. The number of rotatable bonds is 6. The van der Waals surface area contributed by atoms with Gasteiger partial charge >= 0.3 is 0 Å². The second kappa shape index (κ2) is 5.82. The van der Waals surface area contributed by atoms with E-state index < -0.39 is 0 Å². The predicted molar refractivity (Wildman–Crippen MR) is 76.3 cm³/mol. The van der Waals surface area contributed by atoms with Crippen LogP contribution in [0.2, 0.25) is 0 Å². The van der Waals surface area contributed by atoms with Gasteiger partial charge in [0.15, 0.2) is 0 Å². The van der Waals surface area contributed by atoms with Crippen LogP contribution in [0.3, 0.4) is 0 Å². The smallest absolute Gasteiger partial charge is 0.239 e. The van der Waals surface area contributed by atoms with E-state index in [1.54, 1.807) is 6.07 Å². The first kappa shape index (κ1) is 13.5. The molecular weight excluding hydrogens is 242 g/mol. The van der Waals surface area contributed by atoms with Crippen LogP contribution in [0.15, 0.2) is 18.2 Å². The van der Waals surface area contributed by atoms with Gasteiger partial charge in [0.1, 0.15) is 5.75 Å². The average molecular weight is 263 g/mol. The summed E-state index contributed by atoms with van der Waals surface area (Å²) in [5.41, 5.74) is 7.26. The number of carbonyl (C=O) groups excluding carboxylic acids is 1. The molecule has 104 valence electrons. The van der Waals surface area contributed by atoms with Crippen LogP contribution in [0, 0.1) is 0 Å². The third-order valence-corrected chi connectivity index (χ3v) is 2.77. The van der Waals surface area contributed by atoms with Gasteiger partial charge in [-0.25, -0.2) is 0 Å². The summed E-state index contributed by atoms with van der Waals surface area (Å²) >= 11 is 0. The SMILES string of the molecule is CC(C)Oc1cc(NCC(=O)NC2CC2)ccc1N. The zero-order valence-corrected chi connectivity index (χ0v) is 11.4. The van der Waals surface area contributed by atoms with E-state index in [4.69, 9.17) is 10.5 Å². The first-order valence-corrected chi connectivity index (χ1v) is 6.64.